The van der Waals surface area contributed by atoms with Crippen molar-refractivity contribution in [3.63, 3.8) is 0 Å². The van der Waals surface area contributed by atoms with E-state index in [1.165, 1.54) is 9.78 Å². The number of ether oxygens (including phenoxy) is 1. The molecule has 110 valence electrons. The number of carbonyl (C=O) groups is 2. The van der Waals surface area contributed by atoms with E-state index in [-0.39, 0.29) is 12.6 Å². The molecular weight excluding hydrogens is 280 g/mol. The maximum Gasteiger partial charge on any atom is 0.328 e. The van der Waals surface area contributed by atoms with Crippen molar-refractivity contribution in [3.05, 3.63) is 21.9 Å². The topological polar surface area (TPSA) is 78.9 Å². The van der Waals surface area contributed by atoms with Crippen molar-refractivity contribution < 1.29 is 19.4 Å². The molecule has 1 aromatic heterocycles. The zero-order valence-corrected chi connectivity index (χ0v) is 12.1. The molecule has 0 spiro atoms. The minimum Gasteiger partial charge on any atom is -0.480 e. The summed E-state index contributed by atoms with van der Waals surface area (Å²) in [7, 11) is 0. The number of aryl methyl sites for hydroxylation is 1. The number of nitrogens with one attached hydrogen (secondary N) is 1. The first kappa shape index (κ1) is 14.8. The second-order valence-corrected chi connectivity index (χ2v) is 5.76. The molecule has 1 aliphatic rings. The smallest absolute Gasteiger partial charge is 0.328 e. The van der Waals surface area contributed by atoms with Crippen LogP contribution in [0.5, 0.6) is 0 Å². The van der Waals surface area contributed by atoms with E-state index in [0.29, 0.717) is 19.7 Å². The van der Waals surface area contributed by atoms with Crippen LogP contribution in [0.25, 0.3) is 0 Å². The van der Waals surface area contributed by atoms with Crippen molar-refractivity contribution in [2.24, 2.45) is 0 Å². The molecule has 2 amide bonds. The number of morpholine rings is 1. The van der Waals surface area contributed by atoms with Gasteiger partial charge >= 0.3 is 12.0 Å². The Bertz CT molecular complexity index is 488. The largest absolute Gasteiger partial charge is 0.480 e. The minimum absolute atomic E-state index is 0.0434. The van der Waals surface area contributed by atoms with Crippen molar-refractivity contribution in [3.8, 4) is 0 Å². The fourth-order valence-electron chi connectivity index (χ4n) is 2.02. The maximum absolute atomic E-state index is 12.1. The van der Waals surface area contributed by atoms with Crippen LogP contribution in [0.15, 0.2) is 12.1 Å². The molecule has 0 aliphatic carbocycles. The number of carboxylic acids is 1. The summed E-state index contributed by atoms with van der Waals surface area (Å²) < 4.78 is 5.10. The first-order valence-corrected chi connectivity index (χ1v) is 7.36. The van der Waals surface area contributed by atoms with Gasteiger partial charge in [-0.2, -0.15) is 0 Å². The zero-order valence-electron chi connectivity index (χ0n) is 11.3. The Kier molecular flexibility index (Phi) is 4.97. The van der Waals surface area contributed by atoms with Gasteiger partial charge in [-0.15, -0.1) is 11.3 Å². The molecule has 1 atom stereocenters. The summed E-state index contributed by atoms with van der Waals surface area (Å²) in [6, 6.07) is 2.77. The summed E-state index contributed by atoms with van der Waals surface area (Å²) in [6.07, 6.45) is 0.975. The van der Waals surface area contributed by atoms with Crippen LogP contribution < -0.4 is 5.32 Å². The Balaban J connectivity index is 1.91. The van der Waals surface area contributed by atoms with E-state index in [9.17, 15) is 9.59 Å². The third kappa shape index (κ3) is 3.49. The molecule has 0 aromatic carbocycles. The molecule has 1 saturated heterocycles. The van der Waals surface area contributed by atoms with Gasteiger partial charge in [-0.05, 0) is 18.6 Å². The predicted molar refractivity (Wildman–Crippen MR) is 74.9 cm³/mol. The monoisotopic (exact) mass is 298 g/mol. The van der Waals surface area contributed by atoms with Gasteiger partial charge in [-0.25, -0.2) is 9.59 Å². The number of aliphatic carboxylic acids is 1. The molecule has 2 rings (SSSR count). The Morgan fingerprint density at radius 1 is 1.50 bits per heavy atom. The molecule has 2 heterocycles. The summed E-state index contributed by atoms with van der Waals surface area (Å²) in [5, 5.41) is 11.8. The Labute approximate surface area is 121 Å². The number of rotatable bonds is 4. The molecule has 1 aromatic rings. The lowest BCUT2D eigenvalue weighted by atomic mass is 10.2. The first-order valence-electron chi connectivity index (χ1n) is 6.54. The molecule has 0 radical (unpaired) electrons. The quantitative estimate of drug-likeness (QED) is 0.878. The Morgan fingerprint density at radius 3 is 2.90 bits per heavy atom. The van der Waals surface area contributed by atoms with Crippen LogP contribution in [0.2, 0.25) is 0 Å². The van der Waals surface area contributed by atoms with Crippen molar-refractivity contribution in [2.45, 2.75) is 25.9 Å². The van der Waals surface area contributed by atoms with Gasteiger partial charge in [0.25, 0.3) is 0 Å². The van der Waals surface area contributed by atoms with E-state index in [1.54, 1.807) is 11.3 Å². The van der Waals surface area contributed by atoms with Gasteiger partial charge in [0.1, 0.15) is 0 Å². The highest BCUT2D eigenvalue weighted by molar-refractivity contribution is 7.11. The van der Waals surface area contributed by atoms with E-state index in [1.807, 2.05) is 12.1 Å². The van der Waals surface area contributed by atoms with Gasteiger partial charge in [0, 0.05) is 16.3 Å². The molecule has 1 unspecified atom stereocenters. The van der Waals surface area contributed by atoms with E-state index >= 15 is 0 Å². The second-order valence-electron chi connectivity index (χ2n) is 4.50. The standard InChI is InChI=1S/C13H18N2O4S/c1-2-9-3-4-10(20-9)7-14-13(18)15-5-6-19-8-11(15)12(16)17/h3-4,11H,2,5-8H2,1H3,(H,14,18)(H,16,17). The molecule has 0 bridgehead atoms. The maximum atomic E-state index is 12.1. The molecule has 1 aliphatic heterocycles. The number of thiophene rings is 1. The third-order valence-electron chi connectivity index (χ3n) is 3.15. The average molecular weight is 298 g/mol. The second kappa shape index (κ2) is 6.71. The number of carboxylic acid groups (broad SMARTS) is 1. The SMILES string of the molecule is CCc1ccc(CNC(=O)N2CCOCC2C(=O)O)s1. The Hall–Kier alpha value is -1.60. The third-order valence-corrected chi connectivity index (χ3v) is 4.38. The van der Waals surface area contributed by atoms with Crippen LogP contribution in [0, 0.1) is 0 Å². The molecule has 7 heteroatoms. The van der Waals surface area contributed by atoms with Crippen LogP contribution in [-0.4, -0.2) is 47.8 Å². The first-order chi connectivity index (χ1) is 9.61. The van der Waals surface area contributed by atoms with Crippen molar-refractivity contribution in [1.29, 1.82) is 0 Å². The number of hydrogen-bond acceptors (Lipinski definition) is 4. The van der Waals surface area contributed by atoms with Crippen LogP contribution >= 0.6 is 11.3 Å². The number of amides is 2. The Morgan fingerprint density at radius 2 is 2.25 bits per heavy atom. The fraction of sp³-hybridized carbons (Fsp3) is 0.538. The molecule has 2 N–H and O–H groups in total. The number of hydrogen-bond donors (Lipinski definition) is 2. The zero-order chi connectivity index (χ0) is 14.5. The summed E-state index contributed by atoms with van der Waals surface area (Å²) >= 11 is 1.65. The molecule has 6 nitrogen and oxygen atoms in total. The van der Waals surface area contributed by atoms with Gasteiger partial charge in [0.15, 0.2) is 6.04 Å². The lowest BCUT2D eigenvalue weighted by Crippen LogP contribution is -2.55. The van der Waals surface area contributed by atoms with Gasteiger partial charge in [-0.3, -0.25) is 0 Å². The van der Waals surface area contributed by atoms with E-state index in [0.717, 1.165) is 11.3 Å². The minimum atomic E-state index is -1.04. The highest BCUT2D eigenvalue weighted by Gasteiger charge is 2.32. The lowest BCUT2D eigenvalue weighted by Gasteiger charge is -2.32. The number of nitrogens with zero attached hydrogens (tertiary/aromatic N) is 1. The highest BCUT2D eigenvalue weighted by Crippen LogP contribution is 2.17. The van der Waals surface area contributed by atoms with Gasteiger partial charge in [0.2, 0.25) is 0 Å². The highest BCUT2D eigenvalue weighted by atomic mass is 32.1. The molecule has 0 saturated carbocycles. The number of carbonyl (C=O) groups excluding carboxylic acids is 1. The van der Waals surface area contributed by atoms with Crippen molar-refractivity contribution in [1.82, 2.24) is 10.2 Å². The van der Waals surface area contributed by atoms with Gasteiger partial charge < -0.3 is 20.1 Å². The normalized spacial score (nSPS) is 18.9. The van der Waals surface area contributed by atoms with Gasteiger partial charge in [-0.1, -0.05) is 6.92 Å². The average Bonchev–Trinajstić information content (AvgIpc) is 2.92. The van der Waals surface area contributed by atoms with Crippen molar-refractivity contribution >= 4 is 23.3 Å². The molecule has 20 heavy (non-hydrogen) atoms. The number of urea groups is 1. The summed E-state index contributed by atoms with van der Waals surface area (Å²) in [5.74, 6) is -1.04. The van der Waals surface area contributed by atoms with E-state index < -0.39 is 12.0 Å². The molecular formula is C13H18N2O4S. The van der Waals surface area contributed by atoms with E-state index in [2.05, 4.69) is 12.2 Å². The van der Waals surface area contributed by atoms with E-state index in [4.69, 9.17) is 9.84 Å². The van der Waals surface area contributed by atoms with Crippen LogP contribution in [0.1, 0.15) is 16.7 Å². The van der Waals surface area contributed by atoms with Gasteiger partial charge in [0.05, 0.1) is 19.8 Å². The van der Waals surface area contributed by atoms with Crippen LogP contribution in [0.4, 0.5) is 4.79 Å². The summed E-state index contributed by atoms with van der Waals surface area (Å²) in [6.45, 7) is 3.22. The summed E-state index contributed by atoms with van der Waals surface area (Å²) in [4.78, 5) is 26.8. The fourth-order valence-corrected chi connectivity index (χ4v) is 2.92. The summed E-state index contributed by atoms with van der Waals surface area (Å²) in [5.41, 5.74) is 0. The lowest BCUT2D eigenvalue weighted by molar-refractivity contribution is -0.147. The van der Waals surface area contributed by atoms with Crippen molar-refractivity contribution in [2.75, 3.05) is 19.8 Å². The predicted octanol–water partition coefficient (Wildman–Crippen LogP) is 1.31. The molecule has 1 fully saturated rings. The van der Waals surface area contributed by atoms with Crippen LogP contribution in [-0.2, 0) is 22.5 Å². The van der Waals surface area contributed by atoms with Crippen LogP contribution in [0.3, 0.4) is 0 Å².